The molecule has 0 unspecified atom stereocenters. The van der Waals surface area contributed by atoms with Crippen LogP contribution in [0.15, 0.2) is 48.5 Å². The number of rotatable bonds is 9. The quantitative estimate of drug-likeness (QED) is 0.506. The summed E-state index contributed by atoms with van der Waals surface area (Å²) in [6.07, 6.45) is -0.0504. The molecule has 0 spiro atoms. The molecule has 2 aromatic carbocycles. The number of amides is 1. The van der Waals surface area contributed by atoms with Crippen molar-refractivity contribution >= 4 is 23.5 Å². The summed E-state index contributed by atoms with van der Waals surface area (Å²) in [6, 6.07) is 13.5. The second-order valence-electron chi connectivity index (χ2n) is 6.52. The molecule has 1 amide bonds. The second-order valence-corrected chi connectivity index (χ2v) is 6.93. The molecule has 9 nitrogen and oxygen atoms in total. The Bertz CT molecular complexity index is 1040. The van der Waals surface area contributed by atoms with Crippen molar-refractivity contribution in [3.63, 3.8) is 0 Å². The predicted octanol–water partition coefficient (Wildman–Crippen LogP) is 2.81. The fourth-order valence-electron chi connectivity index (χ4n) is 2.92. The molecule has 162 valence electrons. The van der Waals surface area contributed by atoms with Crippen LogP contribution in [-0.4, -0.2) is 45.8 Å². The van der Waals surface area contributed by atoms with Crippen molar-refractivity contribution in [3.8, 4) is 17.1 Å². The van der Waals surface area contributed by atoms with Gasteiger partial charge in [-0.2, -0.15) is 4.80 Å². The summed E-state index contributed by atoms with van der Waals surface area (Å²) in [6.45, 7) is 1.80. The van der Waals surface area contributed by atoms with Gasteiger partial charge in [0.2, 0.25) is 11.7 Å². The van der Waals surface area contributed by atoms with Gasteiger partial charge in [-0.15, -0.1) is 10.2 Å². The zero-order valence-corrected chi connectivity index (χ0v) is 17.9. The van der Waals surface area contributed by atoms with Gasteiger partial charge in [0.15, 0.2) is 0 Å². The van der Waals surface area contributed by atoms with E-state index in [-0.39, 0.29) is 19.6 Å². The van der Waals surface area contributed by atoms with Gasteiger partial charge in [-0.1, -0.05) is 29.8 Å². The summed E-state index contributed by atoms with van der Waals surface area (Å²) >= 11 is 6.26. The summed E-state index contributed by atoms with van der Waals surface area (Å²) in [4.78, 5) is 25.8. The Morgan fingerprint density at radius 2 is 1.90 bits per heavy atom. The van der Waals surface area contributed by atoms with Crippen LogP contribution in [0, 0.1) is 0 Å². The maximum absolute atomic E-state index is 12.6. The Hall–Kier alpha value is -3.46. The number of esters is 1. The van der Waals surface area contributed by atoms with Crippen molar-refractivity contribution in [2.75, 3.05) is 13.7 Å². The van der Waals surface area contributed by atoms with Gasteiger partial charge in [0.1, 0.15) is 12.3 Å². The molecular weight excluding hydrogens is 422 g/mol. The van der Waals surface area contributed by atoms with E-state index in [0.29, 0.717) is 22.2 Å². The number of hydrogen-bond donors (Lipinski definition) is 1. The summed E-state index contributed by atoms with van der Waals surface area (Å²) in [5, 5.41) is 15.4. The van der Waals surface area contributed by atoms with E-state index in [9.17, 15) is 9.59 Å². The first-order valence-electron chi connectivity index (χ1n) is 9.61. The molecule has 1 aromatic heterocycles. The van der Waals surface area contributed by atoms with Crippen molar-refractivity contribution in [2.45, 2.75) is 25.9 Å². The van der Waals surface area contributed by atoms with Gasteiger partial charge >= 0.3 is 5.97 Å². The average molecular weight is 444 g/mol. The van der Waals surface area contributed by atoms with Crippen LogP contribution in [0.1, 0.15) is 24.9 Å². The molecule has 3 rings (SSSR count). The highest BCUT2D eigenvalue weighted by atomic mass is 35.5. The Kier molecular flexibility index (Phi) is 7.55. The molecule has 0 saturated carbocycles. The van der Waals surface area contributed by atoms with Crippen LogP contribution in [0.2, 0.25) is 5.02 Å². The summed E-state index contributed by atoms with van der Waals surface area (Å²) in [5.41, 5.74) is 1.36. The lowest BCUT2D eigenvalue weighted by Crippen LogP contribution is -2.34. The molecule has 0 fully saturated rings. The Morgan fingerprint density at radius 3 is 2.58 bits per heavy atom. The van der Waals surface area contributed by atoms with E-state index in [1.54, 1.807) is 62.6 Å². The van der Waals surface area contributed by atoms with Gasteiger partial charge in [0, 0.05) is 10.6 Å². The fourth-order valence-corrected chi connectivity index (χ4v) is 3.18. The predicted molar refractivity (Wildman–Crippen MR) is 113 cm³/mol. The highest BCUT2D eigenvalue weighted by Crippen LogP contribution is 2.25. The first kappa shape index (κ1) is 22.2. The van der Waals surface area contributed by atoms with E-state index in [2.05, 4.69) is 20.7 Å². The largest absolute Gasteiger partial charge is 0.497 e. The lowest BCUT2D eigenvalue weighted by atomic mass is 10.0. The first-order valence-corrected chi connectivity index (χ1v) is 9.99. The SMILES string of the molecule is CCOC(=O)C[C@H](NC(=O)Cn1nnc(-c2ccc(OC)cc2)n1)c1ccccc1Cl. The Balaban J connectivity index is 1.69. The van der Waals surface area contributed by atoms with E-state index in [1.807, 2.05) is 0 Å². The third kappa shape index (κ3) is 6.02. The van der Waals surface area contributed by atoms with Gasteiger partial charge in [0.05, 0.1) is 26.2 Å². The highest BCUT2D eigenvalue weighted by molar-refractivity contribution is 6.31. The Morgan fingerprint density at radius 1 is 1.16 bits per heavy atom. The molecule has 0 aliphatic carbocycles. The number of aromatic nitrogens is 4. The van der Waals surface area contributed by atoms with Crippen molar-refractivity contribution in [2.24, 2.45) is 0 Å². The maximum Gasteiger partial charge on any atom is 0.308 e. The topological polar surface area (TPSA) is 108 Å². The zero-order chi connectivity index (χ0) is 22.2. The molecule has 1 N–H and O–H groups in total. The van der Waals surface area contributed by atoms with Crippen molar-refractivity contribution < 1.29 is 19.1 Å². The molecule has 3 aromatic rings. The molecule has 1 heterocycles. The smallest absolute Gasteiger partial charge is 0.308 e. The number of halogens is 1. The lowest BCUT2D eigenvalue weighted by molar-refractivity contribution is -0.143. The minimum absolute atomic E-state index is 0.0504. The molecule has 0 bridgehead atoms. The standard InChI is InChI=1S/C21H22ClN5O4/c1-3-31-20(29)12-18(16-6-4-5-7-17(16)22)23-19(28)13-27-25-21(24-26-27)14-8-10-15(30-2)11-9-14/h4-11,18H,3,12-13H2,1-2H3,(H,23,28)/t18-/m0/s1. The van der Waals surface area contributed by atoms with Crippen molar-refractivity contribution in [1.82, 2.24) is 25.5 Å². The highest BCUT2D eigenvalue weighted by Gasteiger charge is 2.22. The van der Waals surface area contributed by atoms with Gasteiger partial charge < -0.3 is 14.8 Å². The number of nitrogens with zero attached hydrogens (tertiary/aromatic N) is 4. The molecule has 0 aliphatic rings. The average Bonchev–Trinajstić information content (AvgIpc) is 3.22. The van der Waals surface area contributed by atoms with Gasteiger partial charge in [-0.3, -0.25) is 9.59 Å². The molecular formula is C21H22ClN5O4. The number of carbonyl (C=O) groups is 2. The third-order valence-electron chi connectivity index (χ3n) is 4.38. The lowest BCUT2D eigenvalue weighted by Gasteiger charge is -2.19. The molecule has 0 saturated heterocycles. The van der Waals surface area contributed by atoms with E-state index in [1.165, 1.54) is 4.80 Å². The number of carbonyl (C=O) groups excluding carboxylic acids is 2. The number of ether oxygens (including phenoxy) is 2. The minimum atomic E-state index is -0.648. The van der Waals surface area contributed by atoms with Gasteiger partial charge in [0.25, 0.3) is 0 Å². The van der Waals surface area contributed by atoms with Crippen molar-refractivity contribution in [1.29, 1.82) is 0 Å². The first-order chi connectivity index (χ1) is 15.0. The zero-order valence-electron chi connectivity index (χ0n) is 17.1. The van der Waals surface area contributed by atoms with E-state index in [4.69, 9.17) is 21.1 Å². The van der Waals surface area contributed by atoms with Crippen LogP contribution < -0.4 is 10.1 Å². The van der Waals surface area contributed by atoms with Crippen molar-refractivity contribution in [3.05, 3.63) is 59.1 Å². The molecule has 0 radical (unpaired) electrons. The van der Waals surface area contributed by atoms with Crippen LogP contribution in [0.25, 0.3) is 11.4 Å². The van der Waals surface area contributed by atoms with Crippen LogP contribution in [0.5, 0.6) is 5.75 Å². The summed E-state index contributed by atoms with van der Waals surface area (Å²) in [7, 11) is 1.58. The molecule has 10 heteroatoms. The molecule has 1 atom stereocenters. The van der Waals surface area contributed by atoms with E-state index >= 15 is 0 Å². The van der Waals surface area contributed by atoms with E-state index < -0.39 is 17.9 Å². The van der Waals surface area contributed by atoms with Gasteiger partial charge in [-0.25, -0.2) is 0 Å². The van der Waals surface area contributed by atoms with Crippen LogP contribution in [-0.2, 0) is 20.9 Å². The monoisotopic (exact) mass is 443 g/mol. The van der Waals surface area contributed by atoms with Crippen LogP contribution >= 0.6 is 11.6 Å². The summed E-state index contributed by atoms with van der Waals surface area (Å²) in [5.74, 6) is 0.258. The fraction of sp³-hybridized carbons (Fsp3) is 0.286. The number of benzene rings is 2. The minimum Gasteiger partial charge on any atom is -0.497 e. The normalized spacial score (nSPS) is 11.6. The van der Waals surface area contributed by atoms with Gasteiger partial charge in [-0.05, 0) is 48.0 Å². The van der Waals surface area contributed by atoms with Crippen LogP contribution in [0.3, 0.4) is 0 Å². The Labute approximate surface area is 184 Å². The number of hydrogen-bond acceptors (Lipinski definition) is 7. The number of tetrazole rings is 1. The molecule has 0 aliphatic heterocycles. The number of methoxy groups -OCH3 is 1. The molecule has 31 heavy (non-hydrogen) atoms. The maximum atomic E-state index is 12.6. The summed E-state index contributed by atoms with van der Waals surface area (Å²) < 4.78 is 10.2. The second kappa shape index (κ2) is 10.5. The van der Waals surface area contributed by atoms with Crippen LogP contribution in [0.4, 0.5) is 0 Å². The van der Waals surface area contributed by atoms with E-state index in [0.717, 1.165) is 5.56 Å². The third-order valence-corrected chi connectivity index (χ3v) is 4.72. The number of nitrogens with one attached hydrogen (secondary N) is 1.